The Morgan fingerprint density at radius 2 is 1.76 bits per heavy atom. The highest BCUT2D eigenvalue weighted by molar-refractivity contribution is 7.92. The lowest BCUT2D eigenvalue weighted by atomic mass is 10.1. The molecule has 0 saturated carbocycles. The van der Waals surface area contributed by atoms with Crippen molar-refractivity contribution in [1.82, 2.24) is 10.2 Å². The number of anilines is 1. The molecule has 0 aliphatic carbocycles. The molecule has 0 aliphatic rings. The number of amides is 2. The fourth-order valence-corrected chi connectivity index (χ4v) is 4.12. The Morgan fingerprint density at radius 3 is 2.33 bits per heavy atom. The van der Waals surface area contributed by atoms with Gasteiger partial charge in [0.05, 0.1) is 11.9 Å². The van der Waals surface area contributed by atoms with Crippen molar-refractivity contribution in [3.05, 3.63) is 64.9 Å². The molecular weight excluding hydrogens is 469 g/mol. The van der Waals surface area contributed by atoms with E-state index in [0.29, 0.717) is 11.6 Å². The van der Waals surface area contributed by atoms with E-state index in [1.807, 2.05) is 13.8 Å². The second-order valence-corrected chi connectivity index (χ2v) is 10.5. The van der Waals surface area contributed by atoms with Crippen LogP contribution in [0.4, 0.5) is 10.1 Å². The van der Waals surface area contributed by atoms with Gasteiger partial charge in [0.25, 0.3) is 0 Å². The molecule has 0 spiro atoms. The standard InChI is InChI=1S/C23H29ClFN3O4S/c1-16(2)13-26-23(30)17(3)27(14-18-8-5-6-11-21(18)25)22(29)15-28(33(4,31)32)20-10-7-9-19(24)12-20/h5-12,16-17H,13-15H2,1-4H3,(H,26,30)/t17-/m0/s1. The van der Waals surface area contributed by atoms with Gasteiger partial charge in [-0.25, -0.2) is 12.8 Å². The van der Waals surface area contributed by atoms with E-state index in [-0.39, 0.29) is 23.7 Å². The molecule has 180 valence electrons. The van der Waals surface area contributed by atoms with Crippen LogP contribution >= 0.6 is 11.6 Å². The first-order valence-corrected chi connectivity index (χ1v) is 12.7. The van der Waals surface area contributed by atoms with Crippen molar-refractivity contribution < 1.29 is 22.4 Å². The highest BCUT2D eigenvalue weighted by Crippen LogP contribution is 2.22. The van der Waals surface area contributed by atoms with Crippen LogP contribution in [0.1, 0.15) is 26.3 Å². The number of hydrogen-bond acceptors (Lipinski definition) is 4. The monoisotopic (exact) mass is 497 g/mol. The van der Waals surface area contributed by atoms with Gasteiger partial charge in [0.15, 0.2) is 0 Å². The third-order valence-corrected chi connectivity index (χ3v) is 6.30. The average molecular weight is 498 g/mol. The van der Waals surface area contributed by atoms with Crippen molar-refractivity contribution in [3.63, 3.8) is 0 Å². The first-order chi connectivity index (χ1) is 15.4. The van der Waals surface area contributed by atoms with E-state index in [1.165, 1.54) is 42.2 Å². The summed E-state index contributed by atoms with van der Waals surface area (Å²) >= 11 is 6.00. The van der Waals surface area contributed by atoms with Gasteiger partial charge in [-0.05, 0) is 37.1 Å². The number of carbonyl (C=O) groups excluding carboxylic acids is 2. The fraction of sp³-hybridized carbons (Fsp3) is 0.391. The Kier molecular flexibility index (Phi) is 9.25. The third-order valence-electron chi connectivity index (χ3n) is 4.93. The predicted octanol–water partition coefficient (Wildman–Crippen LogP) is 3.43. The highest BCUT2D eigenvalue weighted by atomic mass is 35.5. The molecule has 0 aliphatic heterocycles. The van der Waals surface area contributed by atoms with E-state index in [9.17, 15) is 22.4 Å². The van der Waals surface area contributed by atoms with Gasteiger partial charge in [-0.2, -0.15) is 0 Å². The zero-order chi connectivity index (χ0) is 24.8. The molecule has 1 atom stereocenters. The van der Waals surface area contributed by atoms with E-state index in [4.69, 9.17) is 11.6 Å². The van der Waals surface area contributed by atoms with Crippen molar-refractivity contribution in [2.75, 3.05) is 23.7 Å². The second-order valence-electron chi connectivity index (χ2n) is 8.18. The van der Waals surface area contributed by atoms with Crippen LogP contribution in [-0.2, 0) is 26.2 Å². The maximum atomic E-state index is 14.3. The third kappa shape index (κ3) is 7.71. The summed E-state index contributed by atoms with van der Waals surface area (Å²) in [5, 5.41) is 3.07. The molecule has 2 rings (SSSR count). The van der Waals surface area contributed by atoms with Crippen molar-refractivity contribution in [2.45, 2.75) is 33.4 Å². The molecule has 2 aromatic rings. The second kappa shape index (κ2) is 11.5. The van der Waals surface area contributed by atoms with Gasteiger partial charge in [-0.3, -0.25) is 13.9 Å². The lowest BCUT2D eigenvalue weighted by molar-refractivity contribution is -0.139. The average Bonchev–Trinajstić information content (AvgIpc) is 2.73. The van der Waals surface area contributed by atoms with Crippen LogP contribution in [0.25, 0.3) is 0 Å². The quantitative estimate of drug-likeness (QED) is 0.544. The van der Waals surface area contributed by atoms with Crippen molar-refractivity contribution in [2.24, 2.45) is 5.92 Å². The fourth-order valence-electron chi connectivity index (χ4n) is 3.09. The molecule has 0 saturated heterocycles. The van der Waals surface area contributed by atoms with Crippen molar-refractivity contribution in [3.8, 4) is 0 Å². The summed E-state index contributed by atoms with van der Waals surface area (Å²) in [7, 11) is -3.86. The Balaban J connectivity index is 2.38. The maximum absolute atomic E-state index is 14.3. The Morgan fingerprint density at radius 1 is 1.09 bits per heavy atom. The van der Waals surface area contributed by atoms with Gasteiger partial charge < -0.3 is 10.2 Å². The molecular formula is C23H29ClFN3O4S. The summed E-state index contributed by atoms with van der Waals surface area (Å²) in [5.41, 5.74) is 0.420. The Labute approximate surface area is 199 Å². The number of hydrogen-bond donors (Lipinski definition) is 1. The molecule has 0 fully saturated rings. The van der Waals surface area contributed by atoms with Crippen LogP contribution in [0, 0.1) is 11.7 Å². The molecule has 10 heteroatoms. The number of carbonyl (C=O) groups is 2. The first kappa shape index (κ1) is 26.6. The SMILES string of the molecule is CC(C)CNC(=O)[C@H](C)N(Cc1ccccc1F)C(=O)CN(c1cccc(Cl)c1)S(C)(=O)=O. The van der Waals surface area contributed by atoms with E-state index in [2.05, 4.69) is 5.32 Å². The number of rotatable bonds is 10. The summed E-state index contributed by atoms with van der Waals surface area (Å²) in [5.74, 6) is -1.40. The van der Waals surface area contributed by atoms with Crippen LogP contribution < -0.4 is 9.62 Å². The molecule has 0 radical (unpaired) electrons. The number of halogens is 2. The van der Waals surface area contributed by atoms with Gasteiger partial charge in [0.2, 0.25) is 21.8 Å². The molecule has 0 unspecified atom stereocenters. The smallest absolute Gasteiger partial charge is 0.244 e. The van der Waals surface area contributed by atoms with Crippen LogP contribution in [0.3, 0.4) is 0 Å². The molecule has 0 heterocycles. The molecule has 2 amide bonds. The predicted molar refractivity (Wildman–Crippen MR) is 128 cm³/mol. The van der Waals surface area contributed by atoms with Crippen LogP contribution in [-0.4, -0.2) is 50.5 Å². The van der Waals surface area contributed by atoms with Gasteiger partial charge >= 0.3 is 0 Å². The zero-order valence-electron chi connectivity index (χ0n) is 19.1. The zero-order valence-corrected chi connectivity index (χ0v) is 20.7. The Hall–Kier alpha value is -2.65. The maximum Gasteiger partial charge on any atom is 0.244 e. The van der Waals surface area contributed by atoms with Gasteiger partial charge in [0.1, 0.15) is 18.4 Å². The number of nitrogens with one attached hydrogen (secondary N) is 1. The molecule has 2 aromatic carbocycles. The molecule has 33 heavy (non-hydrogen) atoms. The summed E-state index contributed by atoms with van der Waals surface area (Å²) in [6.07, 6.45) is 0.973. The van der Waals surface area contributed by atoms with Gasteiger partial charge in [-0.1, -0.05) is 49.7 Å². The van der Waals surface area contributed by atoms with Crippen LogP contribution in [0.2, 0.25) is 5.02 Å². The normalized spacial score (nSPS) is 12.3. The molecule has 1 N–H and O–H groups in total. The van der Waals surface area contributed by atoms with Crippen LogP contribution in [0.15, 0.2) is 48.5 Å². The number of benzene rings is 2. The first-order valence-electron chi connectivity index (χ1n) is 10.4. The van der Waals surface area contributed by atoms with Crippen molar-refractivity contribution in [1.29, 1.82) is 0 Å². The van der Waals surface area contributed by atoms with E-state index in [1.54, 1.807) is 18.2 Å². The minimum atomic E-state index is -3.86. The lowest BCUT2D eigenvalue weighted by Crippen LogP contribution is -2.51. The van der Waals surface area contributed by atoms with Crippen LogP contribution in [0.5, 0.6) is 0 Å². The molecule has 0 bridgehead atoms. The molecule has 0 aromatic heterocycles. The van der Waals surface area contributed by atoms with Crippen molar-refractivity contribution >= 4 is 39.1 Å². The minimum Gasteiger partial charge on any atom is -0.354 e. The number of sulfonamides is 1. The van der Waals surface area contributed by atoms with E-state index >= 15 is 0 Å². The number of nitrogens with zero attached hydrogens (tertiary/aromatic N) is 2. The molecule has 7 nitrogen and oxygen atoms in total. The summed E-state index contributed by atoms with van der Waals surface area (Å²) < 4.78 is 40.2. The van der Waals surface area contributed by atoms with E-state index < -0.39 is 40.2 Å². The largest absolute Gasteiger partial charge is 0.354 e. The van der Waals surface area contributed by atoms with E-state index in [0.717, 1.165) is 10.6 Å². The Bertz CT molecular complexity index is 1090. The topological polar surface area (TPSA) is 86.8 Å². The summed E-state index contributed by atoms with van der Waals surface area (Å²) in [6.45, 7) is 5.02. The lowest BCUT2D eigenvalue weighted by Gasteiger charge is -2.31. The summed E-state index contributed by atoms with van der Waals surface area (Å²) in [4.78, 5) is 27.2. The summed E-state index contributed by atoms with van der Waals surface area (Å²) in [6, 6.07) is 11.1. The van der Waals surface area contributed by atoms with Gasteiger partial charge in [0, 0.05) is 23.7 Å². The minimum absolute atomic E-state index is 0.195. The van der Waals surface area contributed by atoms with Gasteiger partial charge in [-0.15, -0.1) is 0 Å². The highest BCUT2D eigenvalue weighted by Gasteiger charge is 2.30.